The Hall–Kier alpha value is -4.13. The molecule has 0 bridgehead atoms. The van der Waals surface area contributed by atoms with Crippen molar-refractivity contribution in [3.8, 4) is 11.8 Å². The number of benzene rings is 1. The number of hydrogen-bond donors (Lipinski definition) is 1. The summed E-state index contributed by atoms with van der Waals surface area (Å²) in [6.45, 7) is 0. The molecule has 10 heteroatoms. The quantitative estimate of drug-likeness (QED) is 0.558. The minimum atomic E-state index is -4.73. The van der Waals surface area contributed by atoms with Crippen LogP contribution >= 0.6 is 0 Å². The molecule has 1 N–H and O–H groups in total. The lowest BCUT2D eigenvalue weighted by molar-refractivity contribution is -0.274. The summed E-state index contributed by atoms with van der Waals surface area (Å²) in [6, 6.07) is 9.15. The number of nitrogens with zero attached hydrogens (tertiary/aromatic N) is 5. The second-order valence-corrected chi connectivity index (χ2v) is 5.84. The lowest BCUT2D eigenvalue weighted by atomic mass is 10.2. The summed E-state index contributed by atoms with van der Waals surface area (Å²) < 4.78 is 42.0. The van der Waals surface area contributed by atoms with Crippen LogP contribution in [0.25, 0.3) is 22.6 Å². The fraction of sp³-hybridized carbons (Fsp3) is 0.0526. The SMILES string of the molecule is N#Cc1cnn2c1ncc1c(/C=C/Nc3ccc(OC(F)(F)F)cc3)nccc12. The van der Waals surface area contributed by atoms with Crippen molar-refractivity contribution in [3.05, 3.63) is 66.4 Å². The summed E-state index contributed by atoms with van der Waals surface area (Å²) in [5.74, 6) is -0.297. The van der Waals surface area contributed by atoms with Gasteiger partial charge in [0.25, 0.3) is 0 Å². The van der Waals surface area contributed by atoms with E-state index in [9.17, 15) is 13.2 Å². The molecule has 0 saturated carbocycles. The number of rotatable bonds is 4. The zero-order chi connectivity index (χ0) is 20.4. The number of hydrogen-bond acceptors (Lipinski definition) is 6. The molecule has 29 heavy (non-hydrogen) atoms. The van der Waals surface area contributed by atoms with E-state index >= 15 is 0 Å². The van der Waals surface area contributed by atoms with Gasteiger partial charge >= 0.3 is 6.36 Å². The van der Waals surface area contributed by atoms with Gasteiger partial charge in [0.15, 0.2) is 5.65 Å². The average Bonchev–Trinajstić information content (AvgIpc) is 3.12. The Balaban J connectivity index is 1.56. The molecular formula is C19H11F3N6O. The van der Waals surface area contributed by atoms with E-state index in [1.165, 1.54) is 30.5 Å². The predicted molar refractivity (Wildman–Crippen MR) is 98.8 cm³/mol. The summed E-state index contributed by atoms with van der Waals surface area (Å²) in [6.07, 6.45) is 3.25. The van der Waals surface area contributed by atoms with Crippen LogP contribution in [-0.4, -0.2) is 25.9 Å². The molecule has 0 spiro atoms. The van der Waals surface area contributed by atoms with E-state index in [2.05, 4.69) is 25.1 Å². The molecule has 0 aliphatic heterocycles. The highest BCUT2D eigenvalue weighted by molar-refractivity contribution is 5.87. The second kappa shape index (κ2) is 7.12. The molecule has 3 aromatic heterocycles. The first-order chi connectivity index (χ1) is 13.9. The minimum absolute atomic E-state index is 0.297. The number of nitriles is 1. The summed E-state index contributed by atoms with van der Waals surface area (Å²) in [7, 11) is 0. The smallest absolute Gasteiger partial charge is 0.406 e. The number of aromatic nitrogens is 4. The van der Waals surface area contributed by atoms with Crippen molar-refractivity contribution in [2.45, 2.75) is 6.36 Å². The molecule has 0 saturated heterocycles. The first kappa shape index (κ1) is 18.2. The second-order valence-electron chi connectivity index (χ2n) is 5.84. The first-order valence-corrected chi connectivity index (χ1v) is 8.25. The van der Waals surface area contributed by atoms with Crippen molar-refractivity contribution in [1.29, 1.82) is 5.26 Å². The average molecular weight is 396 g/mol. The minimum Gasteiger partial charge on any atom is -0.406 e. The Morgan fingerprint density at radius 2 is 1.90 bits per heavy atom. The van der Waals surface area contributed by atoms with Crippen LogP contribution in [0, 0.1) is 11.3 Å². The van der Waals surface area contributed by atoms with Crippen molar-refractivity contribution in [3.63, 3.8) is 0 Å². The Morgan fingerprint density at radius 1 is 1.10 bits per heavy atom. The number of anilines is 1. The van der Waals surface area contributed by atoms with E-state index in [0.717, 1.165) is 10.9 Å². The molecule has 4 aromatic rings. The molecule has 3 heterocycles. The fourth-order valence-electron chi connectivity index (χ4n) is 2.75. The molecule has 0 amide bonds. The van der Waals surface area contributed by atoms with E-state index in [4.69, 9.17) is 5.26 Å². The third kappa shape index (κ3) is 3.79. The molecule has 7 nitrogen and oxygen atoms in total. The first-order valence-electron chi connectivity index (χ1n) is 8.25. The van der Waals surface area contributed by atoms with Gasteiger partial charge < -0.3 is 10.1 Å². The summed E-state index contributed by atoms with van der Waals surface area (Å²) in [5, 5.41) is 17.0. The van der Waals surface area contributed by atoms with Crippen molar-refractivity contribution < 1.29 is 17.9 Å². The normalized spacial score (nSPS) is 11.8. The molecular weight excluding hydrogens is 385 g/mol. The Morgan fingerprint density at radius 3 is 2.62 bits per heavy atom. The summed E-state index contributed by atoms with van der Waals surface area (Å²) in [4.78, 5) is 8.59. The number of ether oxygens (including phenoxy) is 1. The molecule has 144 valence electrons. The molecule has 0 unspecified atom stereocenters. The maximum absolute atomic E-state index is 12.2. The lowest BCUT2D eigenvalue weighted by Crippen LogP contribution is -2.16. The van der Waals surface area contributed by atoms with E-state index in [1.54, 1.807) is 35.3 Å². The largest absolute Gasteiger partial charge is 0.573 e. The molecule has 1 aromatic carbocycles. The van der Waals surface area contributed by atoms with Crippen LogP contribution < -0.4 is 10.1 Å². The van der Waals surface area contributed by atoms with Crippen molar-refractivity contribution >= 4 is 28.3 Å². The fourth-order valence-corrected chi connectivity index (χ4v) is 2.75. The van der Waals surface area contributed by atoms with E-state index < -0.39 is 6.36 Å². The summed E-state index contributed by atoms with van der Waals surface area (Å²) >= 11 is 0. The molecule has 4 rings (SSSR count). The van der Waals surface area contributed by atoms with Gasteiger partial charge in [0.2, 0.25) is 0 Å². The highest BCUT2D eigenvalue weighted by atomic mass is 19.4. The zero-order valence-corrected chi connectivity index (χ0v) is 14.6. The third-order valence-electron chi connectivity index (χ3n) is 3.99. The molecule has 0 fully saturated rings. The lowest BCUT2D eigenvalue weighted by Gasteiger charge is -2.09. The van der Waals surface area contributed by atoms with Gasteiger partial charge in [-0.2, -0.15) is 10.4 Å². The molecule has 0 aliphatic carbocycles. The van der Waals surface area contributed by atoms with Crippen LogP contribution in [0.2, 0.25) is 0 Å². The number of halogens is 3. The van der Waals surface area contributed by atoms with E-state index in [0.29, 0.717) is 22.6 Å². The Kier molecular flexibility index (Phi) is 4.48. The molecule has 0 aliphatic rings. The van der Waals surface area contributed by atoms with Crippen molar-refractivity contribution in [2.75, 3.05) is 5.32 Å². The van der Waals surface area contributed by atoms with Gasteiger partial charge in [-0.25, -0.2) is 9.50 Å². The monoisotopic (exact) mass is 396 g/mol. The predicted octanol–water partition coefficient (Wildman–Crippen LogP) is 4.13. The van der Waals surface area contributed by atoms with Crippen LogP contribution in [0.5, 0.6) is 5.75 Å². The third-order valence-corrected chi connectivity index (χ3v) is 3.99. The van der Waals surface area contributed by atoms with E-state index in [-0.39, 0.29) is 5.75 Å². The van der Waals surface area contributed by atoms with Crippen LogP contribution in [0.3, 0.4) is 0 Å². The van der Waals surface area contributed by atoms with Crippen LogP contribution in [-0.2, 0) is 0 Å². The number of pyridine rings is 1. The number of fused-ring (bicyclic) bond motifs is 3. The van der Waals surface area contributed by atoms with Crippen LogP contribution in [0.4, 0.5) is 18.9 Å². The zero-order valence-electron chi connectivity index (χ0n) is 14.6. The van der Waals surface area contributed by atoms with Crippen LogP contribution in [0.15, 0.2) is 55.1 Å². The Labute approximate surface area is 161 Å². The highest BCUT2D eigenvalue weighted by Crippen LogP contribution is 2.24. The maximum Gasteiger partial charge on any atom is 0.573 e. The number of nitrogens with one attached hydrogen (secondary N) is 1. The van der Waals surface area contributed by atoms with Crippen molar-refractivity contribution in [2.24, 2.45) is 0 Å². The van der Waals surface area contributed by atoms with Gasteiger partial charge in [0.05, 0.1) is 17.4 Å². The molecule has 0 radical (unpaired) electrons. The van der Waals surface area contributed by atoms with Gasteiger partial charge in [-0.1, -0.05) is 0 Å². The molecule has 0 atom stereocenters. The van der Waals surface area contributed by atoms with Gasteiger partial charge in [-0.05, 0) is 36.4 Å². The van der Waals surface area contributed by atoms with Gasteiger partial charge in [-0.15, -0.1) is 13.2 Å². The van der Waals surface area contributed by atoms with Gasteiger partial charge in [0, 0.05) is 29.7 Å². The number of alkyl halides is 3. The standard InChI is InChI=1S/C19H11F3N6O/c20-19(21,22)29-14-3-1-13(2-4-14)24-7-5-16-15-11-26-18-12(9-23)10-27-28(18)17(15)6-8-25-16/h1-8,10-11,24H/b7-5+. The summed E-state index contributed by atoms with van der Waals surface area (Å²) in [5.41, 5.74) is 2.75. The van der Waals surface area contributed by atoms with Gasteiger partial charge in [-0.3, -0.25) is 4.98 Å². The van der Waals surface area contributed by atoms with Gasteiger partial charge in [0.1, 0.15) is 17.4 Å². The Bertz CT molecular complexity index is 1260. The van der Waals surface area contributed by atoms with E-state index in [1.807, 2.05) is 6.07 Å². The topological polar surface area (TPSA) is 88.1 Å². The van der Waals surface area contributed by atoms with Crippen molar-refractivity contribution in [1.82, 2.24) is 19.6 Å². The maximum atomic E-state index is 12.2. The highest BCUT2D eigenvalue weighted by Gasteiger charge is 2.30. The van der Waals surface area contributed by atoms with Crippen LogP contribution in [0.1, 0.15) is 11.3 Å².